The van der Waals surface area contributed by atoms with Gasteiger partial charge in [0.25, 0.3) is 0 Å². The Labute approximate surface area is 114 Å². The minimum Gasteiger partial charge on any atom is -0.462 e. The fourth-order valence-corrected chi connectivity index (χ4v) is 1.45. The standard InChI is InChI=1S/C16H20O3/c1-14(8-4-3-7-12-17)11-13-19-16(18)15-9-5-2-6-10-15/h2-6,8-10,17H,7,11-13H2,1H3/b4-3+,14-8+. The highest BCUT2D eigenvalue weighted by Gasteiger charge is 2.04. The highest BCUT2D eigenvalue weighted by molar-refractivity contribution is 5.89. The highest BCUT2D eigenvalue weighted by Crippen LogP contribution is 2.05. The average molecular weight is 260 g/mol. The second-order valence-corrected chi connectivity index (χ2v) is 4.21. The second kappa shape index (κ2) is 9.11. The Morgan fingerprint density at radius 2 is 2.05 bits per heavy atom. The maximum Gasteiger partial charge on any atom is 0.338 e. The zero-order valence-corrected chi connectivity index (χ0v) is 11.2. The van der Waals surface area contributed by atoms with Crippen molar-refractivity contribution in [1.82, 2.24) is 0 Å². The summed E-state index contributed by atoms with van der Waals surface area (Å²) < 4.78 is 5.18. The van der Waals surface area contributed by atoms with Gasteiger partial charge in [0.15, 0.2) is 0 Å². The van der Waals surface area contributed by atoms with Gasteiger partial charge < -0.3 is 9.84 Å². The number of carbonyl (C=O) groups is 1. The molecule has 1 N–H and O–H groups in total. The maximum absolute atomic E-state index is 11.6. The van der Waals surface area contributed by atoms with Gasteiger partial charge in [-0.1, -0.05) is 42.0 Å². The summed E-state index contributed by atoms with van der Waals surface area (Å²) in [7, 11) is 0. The zero-order chi connectivity index (χ0) is 13.9. The molecule has 3 heteroatoms. The van der Waals surface area contributed by atoms with Gasteiger partial charge in [-0.2, -0.15) is 0 Å². The van der Waals surface area contributed by atoms with Gasteiger partial charge in [0.05, 0.1) is 12.2 Å². The fourth-order valence-electron chi connectivity index (χ4n) is 1.45. The van der Waals surface area contributed by atoms with E-state index in [1.54, 1.807) is 12.1 Å². The van der Waals surface area contributed by atoms with Gasteiger partial charge in [0.1, 0.15) is 0 Å². The lowest BCUT2D eigenvalue weighted by Gasteiger charge is -2.04. The summed E-state index contributed by atoms with van der Waals surface area (Å²) in [5.41, 5.74) is 1.71. The van der Waals surface area contributed by atoms with Crippen LogP contribution in [-0.4, -0.2) is 24.3 Å². The van der Waals surface area contributed by atoms with Crippen LogP contribution in [0.1, 0.15) is 30.1 Å². The van der Waals surface area contributed by atoms with Crippen molar-refractivity contribution in [3.8, 4) is 0 Å². The molecular weight excluding hydrogens is 240 g/mol. The van der Waals surface area contributed by atoms with Crippen LogP contribution < -0.4 is 0 Å². The Bertz CT molecular complexity index is 433. The Morgan fingerprint density at radius 1 is 1.32 bits per heavy atom. The molecule has 0 bridgehead atoms. The maximum atomic E-state index is 11.6. The second-order valence-electron chi connectivity index (χ2n) is 4.21. The molecule has 0 aliphatic heterocycles. The number of aliphatic hydroxyl groups is 1. The molecule has 0 heterocycles. The lowest BCUT2D eigenvalue weighted by atomic mass is 10.2. The molecule has 0 saturated carbocycles. The normalized spacial score (nSPS) is 11.8. The molecule has 19 heavy (non-hydrogen) atoms. The summed E-state index contributed by atoms with van der Waals surface area (Å²) in [5.74, 6) is -0.288. The summed E-state index contributed by atoms with van der Waals surface area (Å²) >= 11 is 0. The quantitative estimate of drug-likeness (QED) is 0.605. The van der Waals surface area contributed by atoms with Crippen molar-refractivity contribution >= 4 is 5.97 Å². The van der Waals surface area contributed by atoms with Gasteiger partial charge in [-0.05, 0) is 25.5 Å². The minimum atomic E-state index is -0.288. The SMILES string of the molecule is C/C(=C\C=C\CCO)CCOC(=O)c1ccccc1. The van der Waals surface area contributed by atoms with Gasteiger partial charge in [0, 0.05) is 13.0 Å². The molecule has 0 spiro atoms. The van der Waals surface area contributed by atoms with Crippen molar-refractivity contribution in [2.75, 3.05) is 13.2 Å². The molecular formula is C16H20O3. The van der Waals surface area contributed by atoms with E-state index < -0.39 is 0 Å². The molecule has 0 aliphatic carbocycles. The van der Waals surface area contributed by atoms with Crippen LogP contribution in [0.4, 0.5) is 0 Å². The van der Waals surface area contributed by atoms with Crippen molar-refractivity contribution in [2.45, 2.75) is 19.8 Å². The van der Waals surface area contributed by atoms with Gasteiger partial charge >= 0.3 is 5.97 Å². The van der Waals surface area contributed by atoms with E-state index in [4.69, 9.17) is 9.84 Å². The molecule has 0 aromatic heterocycles. The molecule has 1 aromatic rings. The van der Waals surface area contributed by atoms with E-state index in [9.17, 15) is 4.79 Å². The summed E-state index contributed by atoms with van der Waals surface area (Å²) in [6.45, 7) is 2.53. The van der Waals surface area contributed by atoms with Gasteiger partial charge in [-0.3, -0.25) is 0 Å². The van der Waals surface area contributed by atoms with Crippen LogP contribution in [0.3, 0.4) is 0 Å². The Kier molecular flexibility index (Phi) is 7.28. The lowest BCUT2D eigenvalue weighted by Crippen LogP contribution is -2.06. The molecule has 3 nitrogen and oxygen atoms in total. The third kappa shape index (κ3) is 6.58. The summed E-state index contributed by atoms with van der Waals surface area (Å²) in [6.07, 6.45) is 7.14. The van der Waals surface area contributed by atoms with Crippen LogP contribution in [0.15, 0.2) is 54.1 Å². The number of allylic oxidation sites excluding steroid dienone is 2. The molecule has 0 fully saturated rings. The first-order chi connectivity index (χ1) is 9.24. The number of rotatable bonds is 7. The Balaban J connectivity index is 2.28. The molecule has 0 aliphatic rings. The molecule has 0 radical (unpaired) electrons. The molecule has 0 unspecified atom stereocenters. The van der Waals surface area contributed by atoms with Crippen molar-refractivity contribution in [3.05, 3.63) is 59.7 Å². The first-order valence-corrected chi connectivity index (χ1v) is 6.39. The van der Waals surface area contributed by atoms with Crippen LogP contribution in [0, 0.1) is 0 Å². The topological polar surface area (TPSA) is 46.5 Å². The Morgan fingerprint density at radius 3 is 2.74 bits per heavy atom. The average Bonchev–Trinajstić information content (AvgIpc) is 2.44. The van der Waals surface area contributed by atoms with Gasteiger partial charge in [-0.15, -0.1) is 0 Å². The summed E-state index contributed by atoms with van der Waals surface area (Å²) in [4.78, 5) is 11.6. The lowest BCUT2D eigenvalue weighted by molar-refractivity contribution is 0.0509. The smallest absolute Gasteiger partial charge is 0.338 e. The van der Waals surface area contributed by atoms with E-state index in [1.165, 1.54) is 0 Å². The number of benzene rings is 1. The van der Waals surface area contributed by atoms with E-state index in [1.807, 2.05) is 43.4 Å². The van der Waals surface area contributed by atoms with Crippen LogP contribution >= 0.6 is 0 Å². The Hall–Kier alpha value is -1.87. The van der Waals surface area contributed by atoms with E-state index >= 15 is 0 Å². The van der Waals surface area contributed by atoms with Crippen LogP contribution in [0.25, 0.3) is 0 Å². The first kappa shape index (κ1) is 15.2. The molecule has 0 atom stereocenters. The summed E-state index contributed by atoms with van der Waals surface area (Å²) in [6, 6.07) is 8.97. The molecule has 1 aromatic carbocycles. The van der Waals surface area contributed by atoms with E-state index in [2.05, 4.69) is 0 Å². The zero-order valence-electron chi connectivity index (χ0n) is 11.2. The monoisotopic (exact) mass is 260 g/mol. The van der Waals surface area contributed by atoms with Crippen molar-refractivity contribution in [1.29, 1.82) is 0 Å². The van der Waals surface area contributed by atoms with Crippen molar-refractivity contribution in [3.63, 3.8) is 0 Å². The number of esters is 1. The van der Waals surface area contributed by atoms with Crippen molar-refractivity contribution in [2.24, 2.45) is 0 Å². The van der Waals surface area contributed by atoms with Gasteiger partial charge in [0.2, 0.25) is 0 Å². The third-order valence-corrected chi connectivity index (χ3v) is 2.55. The first-order valence-electron chi connectivity index (χ1n) is 6.39. The van der Waals surface area contributed by atoms with E-state index in [0.29, 0.717) is 25.0 Å². The fraction of sp³-hybridized carbons (Fsp3) is 0.312. The predicted octanol–water partition coefficient (Wildman–Crippen LogP) is 3.12. The van der Waals surface area contributed by atoms with Crippen LogP contribution in [0.5, 0.6) is 0 Å². The van der Waals surface area contributed by atoms with E-state index in [0.717, 1.165) is 5.57 Å². The third-order valence-electron chi connectivity index (χ3n) is 2.55. The predicted molar refractivity (Wildman–Crippen MR) is 75.9 cm³/mol. The number of hydrogen-bond donors (Lipinski definition) is 1. The summed E-state index contributed by atoms with van der Waals surface area (Å²) in [5, 5.41) is 8.61. The van der Waals surface area contributed by atoms with E-state index in [-0.39, 0.29) is 12.6 Å². The number of aliphatic hydroxyl groups excluding tert-OH is 1. The molecule has 0 amide bonds. The van der Waals surface area contributed by atoms with Crippen LogP contribution in [0.2, 0.25) is 0 Å². The molecule has 1 rings (SSSR count). The van der Waals surface area contributed by atoms with Gasteiger partial charge in [-0.25, -0.2) is 4.79 Å². The van der Waals surface area contributed by atoms with Crippen molar-refractivity contribution < 1.29 is 14.6 Å². The number of hydrogen-bond acceptors (Lipinski definition) is 3. The number of ether oxygens (including phenoxy) is 1. The molecule has 0 saturated heterocycles. The minimum absolute atomic E-state index is 0.165. The highest BCUT2D eigenvalue weighted by atomic mass is 16.5. The molecule has 102 valence electrons. The number of carbonyl (C=O) groups excluding carboxylic acids is 1. The van der Waals surface area contributed by atoms with Crippen LogP contribution in [-0.2, 0) is 4.74 Å². The largest absolute Gasteiger partial charge is 0.462 e.